The number of hydrogen-bond acceptors (Lipinski definition) is 6. The van der Waals surface area contributed by atoms with Crippen LogP contribution in [0.1, 0.15) is 50.0 Å². The Kier molecular flexibility index (Phi) is 8.75. The highest BCUT2D eigenvalue weighted by Gasteiger charge is 2.34. The molecule has 1 heterocycles. The van der Waals surface area contributed by atoms with Crippen LogP contribution in [-0.2, 0) is 4.79 Å². The Morgan fingerprint density at radius 1 is 1.21 bits per heavy atom. The Bertz CT molecular complexity index is 605. The Morgan fingerprint density at radius 3 is 2.39 bits per heavy atom. The molecule has 156 valence electrons. The van der Waals surface area contributed by atoms with E-state index in [-0.39, 0.29) is 6.32 Å². The van der Waals surface area contributed by atoms with Crippen molar-refractivity contribution in [3.63, 3.8) is 0 Å². The lowest BCUT2D eigenvalue weighted by atomic mass is 9.81. The molecule has 0 aliphatic carbocycles. The molecule has 0 saturated carbocycles. The van der Waals surface area contributed by atoms with Crippen molar-refractivity contribution in [1.82, 2.24) is 4.90 Å². The molecule has 1 unspecified atom stereocenters. The van der Waals surface area contributed by atoms with Gasteiger partial charge in [-0.3, -0.25) is 4.79 Å². The van der Waals surface area contributed by atoms with Gasteiger partial charge in [0.1, 0.15) is 11.3 Å². The normalized spacial score (nSPS) is 17.9. The summed E-state index contributed by atoms with van der Waals surface area (Å²) in [7, 11) is 0.321. The molecule has 28 heavy (non-hydrogen) atoms. The highest BCUT2D eigenvalue weighted by Crippen LogP contribution is 2.29. The number of benzene rings is 1. The second-order valence-electron chi connectivity index (χ2n) is 7.83. The van der Waals surface area contributed by atoms with Gasteiger partial charge in [0.15, 0.2) is 0 Å². The number of nitrogens with two attached hydrogens (primary N) is 1. The number of piperidine rings is 1. The number of unbranched alkanes of at least 4 members (excludes halogenated alkanes) is 1. The number of nitrogens with zero attached hydrogens (tertiary/aromatic N) is 1. The molecule has 1 saturated heterocycles. The molecule has 0 radical (unpaired) electrons. The third kappa shape index (κ3) is 6.77. The predicted octanol–water partition coefficient (Wildman–Crippen LogP) is 1.69. The highest BCUT2D eigenvalue weighted by molar-refractivity contribution is 6.40. The molecule has 1 aromatic rings. The van der Waals surface area contributed by atoms with E-state index in [0.717, 1.165) is 31.7 Å². The lowest BCUT2D eigenvalue weighted by Gasteiger charge is -2.34. The van der Waals surface area contributed by atoms with Gasteiger partial charge >= 0.3 is 13.1 Å². The van der Waals surface area contributed by atoms with Gasteiger partial charge in [-0.05, 0) is 68.7 Å². The van der Waals surface area contributed by atoms with Crippen LogP contribution in [0.15, 0.2) is 24.3 Å². The number of aliphatic carboxylic acids is 1. The van der Waals surface area contributed by atoms with E-state index in [9.17, 15) is 9.90 Å². The summed E-state index contributed by atoms with van der Waals surface area (Å²) in [6.07, 6.45) is 4.21. The average Bonchev–Trinajstić information content (AvgIpc) is 2.70. The Hall–Kier alpha value is -1.61. The fraction of sp³-hybridized carbons (Fsp3) is 0.650. The molecular formula is C20H33BN2O5. The maximum atomic E-state index is 11.7. The minimum absolute atomic E-state index is 0.245. The SMILES string of the molecule is COc1ccc(C2CCN(CCC(N)(CCCCB(O)O)C(=O)O)CC2)cc1. The van der Waals surface area contributed by atoms with Crippen molar-refractivity contribution < 1.29 is 24.7 Å². The van der Waals surface area contributed by atoms with E-state index in [0.29, 0.717) is 38.1 Å². The van der Waals surface area contributed by atoms with Crippen LogP contribution in [0.5, 0.6) is 5.75 Å². The quantitative estimate of drug-likeness (QED) is 0.335. The second kappa shape index (κ2) is 10.8. The van der Waals surface area contributed by atoms with E-state index in [1.807, 2.05) is 12.1 Å². The van der Waals surface area contributed by atoms with E-state index < -0.39 is 18.6 Å². The third-order valence-corrected chi connectivity index (χ3v) is 5.81. The first-order valence-corrected chi connectivity index (χ1v) is 10.1. The molecular weight excluding hydrogens is 359 g/mol. The smallest absolute Gasteiger partial charge is 0.451 e. The second-order valence-corrected chi connectivity index (χ2v) is 7.83. The highest BCUT2D eigenvalue weighted by atomic mass is 16.5. The summed E-state index contributed by atoms with van der Waals surface area (Å²) in [6, 6.07) is 8.23. The van der Waals surface area contributed by atoms with E-state index in [2.05, 4.69) is 17.0 Å². The van der Waals surface area contributed by atoms with Gasteiger partial charge in [0, 0.05) is 6.54 Å². The number of carboxylic acid groups (broad SMARTS) is 1. The first-order valence-electron chi connectivity index (χ1n) is 10.1. The first-order chi connectivity index (χ1) is 13.3. The largest absolute Gasteiger partial charge is 0.497 e. The fourth-order valence-corrected chi connectivity index (χ4v) is 3.83. The van der Waals surface area contributed by atoms with E-state index in [4.69, 9.17) is 20.5 Å². The summed E-state index contributed by atoms with van der Waals surface area (Å²) >= 11 is 0. The maximum absolute atomic E-state index is 11.7. The average molecular weight is 392 g/mol. The van der Waals surface area contributed by atoms with Crippen molar-refractivity contribution in [3.8, 4) is 5.75 Å². The van der Waals surface area contributed by atoms with Crippen molar-refractivity contribution >= 4 is 13.1 Å². The number of carboxylic acids is 1. The molecule has 7 nitrogen and oxygen atoms in total. The topological polar surface area (TPSA) is 116 Å². The number of likely N-dealkylation sites (tertiary alicyclic amines) is 1. The van der Waals surface area contributed by atoms with Crippen molar-refractivity contribution in [2.75, 3.05) is 26.7 Å². The monoisotopic (exact) mass is 392 g/mol. The summed E-state index contributed by atoms with van der Waals surface area (Å²) < 4.78 is 5.21. The van der Waals surface area contributed by atoms with Gasteiger partial charge in [-0.15, -0.1) is 0 Å². The molecule has 0 amide bonds. The van der Waals surface area contributed by atoms with Gasteiger partial charge in [0.2, 0.25) is 0 Å². The summed E-state index contributed by atoms with van der Waals surface area (Å²) in [5, 5.41) is 27.3. The van der Waals surface area contributed by atoms with Crippen molar-refractivity contribution in [2.45, 2.75) is 56.3 Å². The van der Waals surface area contributed by atoms with Gasteiger partial charge in [-0.1, -0.05) is 25.0 Å². The minimum atomic E-state index is -1.34. The van der Waals surface area contributed by atoms with E-state index in [1.165, 1.54) is 5.56 Å². The summed E-state index contributed by atoms with van der Waals surface area (Å²) in [4.78, 5) is 14.0. The molecule has 2 rings (SSSR count). The summed E-state index contributed by atoms with van der Waals surface area (Å²) in [6.45, 7) is 2.53. The standard InChI is InChI=1S/C20H33BN2O5/c1-28-18-6-4-16(5-7-18)17-8-13-23(14-9-17)15-11-20(22,19(24)25)10-2-3-12-21(26)27/h4-7,17,26-27H,2-3,8-15,22H2,1H3,(H,24,25). The van der Waals surface area contributed by atoms with Crippen LogP contribution < -0.4 is 10.5 Å². The Balaban J connectivity index is 1.77. The van der Waals surface area contributed by atoms with Gasteiger partial charge in [-0.25, -0.2) is 0 Å². The number of rotatable bonds is 11. The van der Waals surface area contributed by atoms with Gasteiger partial charge in [0.05, 0.1) is 7.11 Å². The van der Waals surface area contributed by atoms with Crippen LogP contribution in [0.25, 0.3) is 0 Å². The number of ether oxygens (including phenoxy) is 1. The van der Waals surface area contributed by atoms with Gasteiger partial charge in [-0.2, -0.15) is 0 Å². The van der Waals surface area contributed by atoms with E-state index >= 15 is 0 Å². The molecule has 0 bridgehead atoms. The number of methoxy groups -OCH3 is 1. The zero-order valence-electron chi connectivity index (χ0n) is 16.7. The van der Waals surface area contributed by atoms with Crippen molar-refractivity contribution in [1.29, 1.82) is 0 Å². The minimum Gasteiger partial charge on any atom is -0.497 e. The van der Waals surface area contributed by atoms with Crippen molar-refractivity contribution in [2.24, 2.45) is 5.73 Å². The van der Waals surface area contributed by atoms with Crippen LogP contribution >= 0.6 is 0 Å². The molecule has 1 atom stereocenters. The molecule has 1 aliphatic rings. The van der Waals surface area contributed by atoms with Gasteiger partial charge in [0.25, 0.3) is 0 Å². The Morgan fingerprint density at radius 2 is 1.86 bits per heavy atom. The number of carbonyl (C=O) groups is 1. The van der Waals surface area contributed by atoms with Gasteiger partial charge < -0.3 is 30.5 Å². The maximum Gasteiger partial charge on any atom is 0.451 e. The van der Waals surface area contributed by atoms with Crippen LogP contribution in [0.2, 0.25) is 6.32 Å². The number of hydrogen-bond donors (Lipinski definition) is 4. The zero-order valence-corrected chi connectivity index (χ0v) is 16.7. The van der Waals surface area contributed by atoms with Crippen LogP contribution in [0.3, 0.4) is 0 Å². The summed E-state index contributed by atoms with van der Waals surface area (Å²) in [5.74, 6) is 0.405. The molecule has 1 aliphatic heterocycles. The predicted molar refractivity (Wildman–Crippen MR) is 109 cm³/mol. The summed E-state index contributed by atoms with van der Waals surface area (Å²) in [5.41, 5.74) is 6.23. The first kappa shape index (κ1) is 22.7. The molecule has 8 heteroatoms. The molecule has 5 N–H and O–H groups in total. The molecule has 0 aromatic heterocycles. The lowest BCUT2D eigenvalue weighted by molar-refractivity contribution is -0.144. The van der Waals surface area contributed by atoms with Crippen LogP contribution in [0.4, 0.5) is 0 Å². The Labute approximate surface area is 167 Å². The fourth-order valence-electron chi connectivity index (χ4n) is 3.83. The lowest BCUT2D eigenvalue weighted by Crippen LogP contribution is -2.50. The molecule has 0 spiro atoms. The van der Waals surface area contributed by atoms with Crippen LogP contribution in [0, 0.1) is 0 Å². The van der Waals surface area contributed by atoms with Crippen LogP contribution in [-0.4, -0.2) is 65.4 Å². The van der Waals surface area contributed by atoms with E-state index in [1.54, 1.807) is 7.11 Å². The third-order valence-electron chi connectivity index (χ3n) is 5.81. The molecule has 1 fully saturated rings. The van der Waals surface area contributed by atoms with Crippen molar-refractivity contribution in [3.05, 3.63) is 29.8 Å². The molecule has 1 aromatic carbocycles. The zero-order chi connectivity index (χ0) is 20.6.